The predicted octanol–water partition coefficient (Wildman–Crippen LogP) is 2.18. The van der Waals surface area contributed by atoms with Crippen LogP contribution in [0.4, 0.5) is 0 Å². The highest BCUT2D eigenvalue weighted by atomic mass is 16.5. The number of nitrogens with two attached hydrogens (primary N) is 1. The minimum Gasteiger partial charge on any atom is -0.483 e. The molecular weight excluding hydrogens is 252 g/mol. The first kappa shape index (κ1) is 16.5. The van der Waals surface area contributed by atoms with Crippen LogP contribution < -0.4 is 15.8 Å². The van der Waals surface area contributed by atoms with Crippen molar-refractivity contribution < 1.29 is 9.53 Å². The van der Waals surface area contributed by atoms with Gasteiger partial charge in [0.2, 0.25) is 0 Å². The molecule has 0 aliphatic carbocycles. The van der Waals surface area contributed by atoms with Crippen LogP contribution in [0.15, 0.2) is 18.2 Å². The van der Waals surface area contributed by atoms with Crippen LogP contribution >= 0.6 is 0 Å². The molecule has 0 bridgehead atoms. The molecular formula is C16H26N2O2. The van der Waals surface area contributed by atoms with E-state index in [0.717, 1.165) is 30.6 Å². The molecule has 1 rings (SSSR count). The van der Waals surface area contributed by atoms with Gasteiger partial charge in [-0.15, -0.1) is 0 Å². The van der Waals surface area contributed by atoms with Gasteiger partial charge in [-0.25, -0.2) is 0 Å². The van der Waals surface area contributed by atoms with E-state index in [1.807, 2.05) is 26.0 Å². The van der Waals surface area contributed by atoms with Crippen LogP contribution in [-0.2, 0) is 11.2 Å². The Labute approximate surface area is 121 Å². The maximum absolute atomic E-state index is 11.6. The van der Waals surface area contributed by atoms with Crippen molar-refractivity contribution in [1.29, 1.82) is 0 Å². The summed E-state index contributed by atoms with van der Waals surface area (Å²) in [5.41, 5.74) is 8.07. The Hall–Kier alpha value is -1.55. The second kappa shape index (κ2) is 8.59. The molecule has 0 heterocycles. The third-order valence-electron chi connectivity index (χ3n) is 2.97. The monoisotopic (exact) mass is 278 g/mol. The molecule has 0 fully saturated rings. The van der Waals surface area contributed by atoms with Crippen LogP contribution in [0, 0.1) is 6.92 Å². The maximum Gasteiger partial charge on any atom is 0.257 e. The van der Waals surface area contributed by atoms with Gasteiger partial charge in [-0.05, 0) is 38.3 Å². The van der Waals surface area contributed by atoms with Gasteiger partial charge in [0.1, 0.15) is 5.75 Å². The first-order valence-corrected chi connectivity index (χ1v) is 7.27. The average molecular weight is 278 g/mol. The SMILES string of the molecule is CCCCNC(=O)COc1ccc(C)cc1CC(C)N. The van der Waals surface area contributed by atoms with Crippen molar-refractivity contribution in [2.24, 2.45) is 5.73 Å². The maximum atomic E-state index is 11.6. The van der Waals surface area contributed by atoms with E-state index >= 15 is 0 Å². The number of rotatable bonds is 8. The Balaban J connectivity index is 2.56. The van der Waals surface area contributed by atoms with Crippen LogP contribution in [0.2, 0.25) is 0 Å². The molecule has 112 valence electrons. The molecule has 3 N–H and O–H groups in total. The average Bonchev–Trinajstić information content (AvgIpc) is 2.37. The molecule has 1 aromatic rings. The third kappa shape index (κ3) is 6.06. The molecule has 4 heteroatoms. The quantitative estimate of drug-likeness (QED) is 0.716. The summed E-state index contributed by atoms with van der Waals surface area (Å²) >= 11 is 0. The number of hydrogen-bond donors (Lipinski definition) is 2. The van der Waals surface area contributed by atoms with E-state index in [1.54, 1.807) is 0 Å². The van der Waals surface area contributed by atoms with Crippen molar-refractivity contribution >= 4 is 5.91 Å². The molecule has 0 aliphatic heterocycles. The summed E-state index contributed by atoms with van der Waals surface area (Å²) in [7, 11) is 0. The van der Waals surface area contributed by atoms with E-state index in [0.29, 0.717) is 6.54 Å². The third-order valence-corrected chi connectivity index (χ3v) is 2.97. The largest absolute Gasteiger partial charge is 0.483 e. The number of carbonyl (C=O) groups excluding carboxylic acids is 1. The van der Waals surface area contributed by atoms with Crippen LogP contribution in [0.25, 0.3) is 0 Å². The summed E-state index contributed by atoms with van der Waals surface area (Å²) in [5, 5.41) is 2.84. The Bertz CT molecular complexity index is 430. The smallest absolute Gasteiger partial charge is 0.257 e. The van der Waals surface area contributed by atoms with Gasteiger partial charge in [0, 0.05) is 12.6 Å². The van der Waals surface area contributed by atoms with Crippen molar-refractivity contribution in [1.82, 2.24) is 5.32 Å². The number of nitrogens with one attached hydrogen (secondary N) is 1. The predicted molar refractivity (Wildman–Crippen MR) is 81.9 cm³/mol. The summed E-state index contributed by atoms with van der Waals surface area (Å²) < 4.78 is 5.62. The zero-order chi connectivity index (χ0) is 15.0. The minimum absolute atomic E-state index is 0.0543. The molecule has 1 unspecified atom stereocenters. The molecule has 0 aliphatic rings. The summed E-state index contributed by atoms with van der Waals surface area (Å²) in [6.45, 7) is 6.85. The first-order chi connectivity index (χ1) is 9.52. The van der Waals surface area contributed by atoms with Crippen LogP contribution in [0.3, 0.4) is 0 Å². The number of hydrogen-bond acceptors (Lipinski definition) is 3. The lowest BCUT2D eigenvalue weighted by atomic mass is 10.0. The molecule has 0 saturated carbocycles. The van der Waals surface area contributed by atoms with Gasteiger partial charge in [0.15, 0.2) is 6.61 Å². The van der Waals surface area contributed by atoms with Gasteiger partial charge < -0.3 is 15.8 Å². The highest BCUT2D eigenvalue weighted by Crippen LogP contribution is 2.21. The molecule has 4 nitrogen and oxygen atoms in total. The molecule has 1 aromatic carbocycles. The van der Waals surface area contributed by atoms with E-state index in [1.165, 1.54) is 5.56 Å². The Morgan fingerprint density at radius 3 is 2.85 bits per heavy atom. The van der Waals surface area contributed by atoms with E-state index < -0.39 is 0 Å². The number of benzene rings is 1. The van der Waals surface area contributed by atoms with E-state index in [2.05, 4.69) is 18.3 Å². The second-order valence-electron chi connectivity index (χ2n) is 5.28. The first-order valence-electron chi connectivity index (χ1n) is 7.27. The highest BCUT2D eigenvalue weighted by Gasteiger charge is 2.08. The van der Waals surface area contributed by atoms with Crippen molar-refractivity contribution in [2.75, 3.05) is 13.2 Å². The lowest BCUT2D eigenvalue weighted by Gasteiger charge is -2.14. The standard InChI is InChI=1S/C16H26N2O2/c1-4-5-8-18-16(19)11-20-15-7-6-12(2)9-14(15)10-13(3)17/h6-7,9,13H,4-5,8,10-11,17H2,1-3H3,(H,18,19). The lowest BCUT2D eigenvalue weighted by Crippen LogP contribution is -2.29. The van der Waals surface area contributed by atoms with Crippen LogP contribution in [0.5, 0.6) is 5.75 Å². The Morgan fingerprint density at radius 1 is 1.45 bits per heavy atom. The van der Waals surface area contributed by atoms with Gasteiger partial charge in [-0.1, -0.05) is 31.0 Å². The number of ether oxygens (including phenoxy) is 1. The van der Waals surface area contributed by atoms with Crippen molar-refractivity contribution in [2.45, 2.75) is 46.1 Å². The van der Waals surface area contributed by atoms with Crippen LogP contribution in [0.1, 0.15) is 37.8 Å². The lowest BCUT2D eigenvalue weighted by molar-refractivity contribution is -0.123. The van der Waals surface area contributed by atoms with Crippen molar-refractivity contribution in [3.63, 3.8) is 0 Å². The van der Waals surface area contributed by atoms with E-state index in [-0.39, 0.29) is 18.6 Å². The fourth-order valence-corrected chi connectivity index (χ4v) is 1.95. The number of unbranched alkanes of at least 4 members (excludes halogenated alkanes) is 1. The zero-order valence-electron chi connectivity index (χ0n) is 12.7. The minimum atomic E-state index is -0.0780. The Morgan fingerprint density at radius 2 is 2.20 bits per heavy atom. The molecule has 1 amide bonds. The molecule has 0 radical (unpaired) electrons. The summed E-state index contributed by atoms with van der Waals surface area (Å²) in [6.07, 6.45) is 2.80. The van der Waals surface area contributed by atoms with Gasteiger partial charge in [0.25, 0.3) is 5.91 Å². The summed E-state index contributed by atoms with van der Waals surface area (Å²) in [5.74, 6) is 0.671. The van der Waals surface area contributed by atoms with Gasteiger partial charge >= 0.3 is 0 Å². The topological polar surface area (TPSA) is 64.3 Å². The van der Waals surface area contributed by atoms with Crippen LogP contribution in [-0.4, -0.2) is 25.1 Å². The van der Waals surface area contributed by atoms with E-state index in [4.69, 9.17) is 10.5 Å². The number of aryl methyl sites for hydroxylation is 1. The van der Waals surface area contributed by atoms with Crippen molar-refractivity contribution in [3.8, 4) is 5.75 Å². The molecule has 0 aromatic heterocycles. The van der Waals surface area contributed by atoms with Gasteiger partial charge in [0.05, 0.1) is 0 Å². The van der Waals surface area contributed by atoms with E-state index in [9.17, 15) is 4.79 Å². The molecule has 1 atom stereocenters. The molecule has 0 spiro atoms. The van der Waals surface area contributed by atoms with Crippen molar-refractivity contribution in [3.05, 3.63) is 29.3 Å². The second-order valence-corrected chi connectivity index (χ2v) is 5.28. The fraction of sp³-hybridized carbons (Fsp3) is 0.562. The number of amides is 1. The number of carbonyl (C=O) groups is 1. The summed E-state index contributed by atoms with van der Waals surface area (Å²) in [6, 6.07) is 6.02. The molecule has 0 saturated heterocycles. The molecule has 20 heavy (non-hydrogen) atoms. The fourth-order valence-electron chi connectivity index (χ4n) is 1.95. The van der Waals surface area contributed by atoms with Gasteiger partial charge in [-0.2, -0.15) is 0 Å². The summed E-state index contributed by atoms with van der Waals surface area (Å²) in [4.78, 5) is 11.6. The highest BCUT2D eigenvalue weighted by molar-refractivity contribution is 5.77. The van der Waals surface area contributed by atoms with Gasteiger partial charge in [-0.3, -0.25) is 4.79 Å². The zero-order valence-corrected chi connectivity index (χ0v) is 12.7. The normalized spacial score (nSPS) is 12.0. The Kier molecular flexibility index (Phi) is 7.09.